The summed E-state index contributed by atoms with van der Waals surface area (Å²) in [5, 5.41) is 15.4. The summed E-state index contributed by atoms with van der Waals surface area (Å²) in [6.07, 6.45) is -0.303. The van der Waals surface area contributed by atoms with E-state index >= 15 is 0 Å². The van der Waals surface area contributed by atoms with Crippen LogP contribution in [-0.2, 0) is 14.3 Å². The number of nitro groups is 1. The predicted molar refractivity (Wildman–Crippen MR) is 103 cm³/mol. The number of halogens is 2. The molecule has 164 valence electrons. The number of nitrogens with one attached hydrogen (secondary N) is 2. The molecule has 0 atom stereocenters. The second-order valence-electron chi connectivity index (χ2n) is 5.98. The third-order valence-corrected chi connectivity index (χ3v) is 3.82. The van der Waals surface area contributed by atoms with E-state index in [1.165, 1.54) is 13.2 Å². The molecule has 0 aliphatic rings. The molecular formula is C19H17F2N3O7. The maximum atomic E-state index is 13.5. The van der Waals surface area contributed by atoms with Gasteiger partial charge in [-0.15, -0.1) is 0 Å². The van der Waals surface area contributed by atoms with Gasteiger partial charge in [-0.3, -0.25) is 24.5 Å². The van der Waals surface area contributed by atoms with Crippen molar-refractivity contribution in [1.82, 2.24) is 5.32 Å². The number of nitro benzene ring substituents is 1. The number of amides is 2. The third-order valence-electron chi connectivity index (χ3n) is 3.82. The van der Waals surface area contributed by atoms with Gasteiger partial charge in [0, 0.05) is 18.7 Å². The maximum Gasteiger partial charge on any atom is 0.308 e. The molecule has 0 spiro atoms. The van der Waals surface area contributed by atoms with Crippen LogP contribution in [0.2, 0.25) is 0 Å². The minimum atomic E-state index is -1.04. The number of carbonyl (C=O) groups excluding carboxylic acids is 3. The first kappa shape index (κ1) is 23.2. The number of non-ortho nitro benzene ring substituents is 1. The number of methoxy groups -OCH3 is 1. The van der Waals surface area contributed by atoms with Crippen molar-refractivity contribution in [1.29, 1.82) is 0 Å². The molecule has 0 fully saturated rings. The van der Waals surface area contributed by atoms with E-state index in [0.29, 0.717) is 6.07 Å². The van der Waals surface area contributed by atoms with Crippen LogP contribution in [0.1, 0.15) is 16.8 Å². The Balaban J connectivity index is 1.77. The summed E-state index contributed by atoms with van der Waals surface area (Å²) in [7, 11) is 1.26. The molecule has 0 bridgehead atoms. The Morgan fingerprint density at radius 1 is 1.13 bits per heavy atom. The minimum absolute atomic E-state index is 0.0459. The highest BCUT2D eigenvalue weighted by Gasteiger charge is 2.16. The molecule has 0 aliphatic heterocycles. The van der Waals surface area contributed by atoms with E-state index in [9.17, 15) is 33.3 Å². The van der Waals surface area contributed by atoms with Crippen molar-refractivity contribution < 1.29 is 37.6 Å². The fourth-order valence-electron chi connectivity index (χ4n) is 2.35. The first-order valence-electron chi connectivity index (χ1n) is 8.72. The lowest BCUT2D eigenvalue weighted by molar-refractivity contribution is -0.384. The van der Waals surface area contributed by atoms with Crippen LogP contribution in [0.5, 0.6) is 5.75 Å². The lowest BCUT2D eigenvalue weighted by Gasteiger charge is -2.10. The molecule has 0 aliphatic carbocycles. The summed E-state index contributed by atoms with van der Waals surface area (Å²) >= 11 is 0. The molecule has 2 aromatic rings. The molecule has 0 saturated carbocycles. The molecule has 0 heterocycles. The maximum absolute atomic E-state index is 13.5. The highest BCUT2D eigenvalue weighted by atomic mass is 19.1. The first-order chi connectivity index (χ1) is 14.7. The van der Waals surface area contributed by atoms with Crippen molar-refractivity contribution in [3.63, 3.8) is 0 Å². The van der Waals surface area contributed by atoms with Crippen LogP contribution in [0.15, 0.2) is 36.4 Å². The van der Waals surface area contributed by atoms with Crippen LogP contribution >= 0.6 is 0 Å². The molecule has 0 saturated heterocycles. The average Bonchev–Trinajstić information content (AvgIpc) is 2.72. The van der Waals surface area contributed by atoms with E-state index in [1.54, 1.807) is 0 Å². The van der Waals surface area contributed by atoms with E-state index in [4.69, 9.17) is 9.47 Å². The van der Waals surface area contributed by atoms with E-state index in [1.807, 2.05) is 0 Å². The zero-order valence-corrected chi connectivity index (χ0v) is 16.1. The van der Waals surface area contributed by atoms with Crippen LogP contribution < -0.4 is 15.4 Å². The number of hydrogen-bond acceptors (Lipinski definition) is 7. The highest BCUT2D eigenvalue weighted by molar-refractivity contribution is 5.95. The zero-order valence-electron chi connectivity index (χ0n) is 16.1. The largest absolute Gasteiger partial charge is 0.494 e. The van der Waals surface area contributed by atoms with Gasteiger partial charge in [-0.05, 0) is 18.2 Å². The molecule has 0 aromatic heterocycles. The molecule has 10 nitrogen and oxygen atoms in total. The van der Waals surface area contributed by atoms with Crippen molar-refractivity contribution in [2.75, 3.05) is 25.6 Å². The van der Waals surface area contributed by atoms with Gasteiger partial charge in [-0.1, -0.05) is 0 Å². The van der Waals surface area contributed by atoms with Crippen molar-refractivity contribution in [3.05, 3.63) is 63.7 Å². The van der Waals surface area contributed by atoms with Crippen LogP contribution in [0.3, 0.4) is 0 Å². The van der Waals surface area contributed by atoms with Crippen LogP contribution in [-0.4, -0.2) is 43.0 Å². The SMILES string of the molecule is COc1cc([N+](=O)[O-])ccc1NC(=O)COC(=O)CCNC(=O)c1ccc(F)cc1F. The van der Waals surface area contributed by atoms with E-state index in [0.717, 1.165) is 24.3 Å². The van der Waals surface area contributed by atoms with Gasteiger partial charge in [-0.25, -0.2) is 8.78 Å². The van der Waals surface area contributed by atoms with E-state index in [2.05, 4.69) is 10.6 Å². The Morgan fingerprint density at radius 2 is 1.87 bits per heavy atom. The normalized spacial score (nSPS) is 10.2. The minimum Gasteiger partial charge on any atom is -0.494 e. The number of anilines is 1. The summed E-state index contributed by atoms with van der Waals surface area (Å²) in [6, 6.07) is 5.99. The molecule has 2 amide bonds. The van der Waals surface area contributed by atoms with Gasteiger partial charge < -0.3 is 20.1 Å². The Kier molecular flexibility index (Phi) is 7.94. The van der Waals surface area contributed by atoms with Gasteiger partial charge in [0.1, 0.15) is 17.4 Å². The second kappa shape index (κ2) is 10.6. The number of benzene rings is 2. The van der Waals surface area contributed by atoms with E-state index < -0.39 is 40.9 Å². The van der Waals surface area contributed by atoms with Crippen molar-refractivity contribution in [2.24, 2.45) is 0 Å². The Labute approximate surface area is 174 Å². The predicted octanol–water partition coefficient (Wildman–Crippen LogP) is 2.18. The van der Waals surface area contributed by atoms with Crippen molar-refractivity contribution in [3.8, 4) is 5.75 Å². The molecule has 2 aromatic carbocycles. The van der Waals surface area contributed by atoms with Gasteiger partial charge >= 0.3 is 5.97 Å². The van der Waals surface area contributed by atoms with Gasteiger partial charge in [0.25, 0.3) is 17.5 Å². The molecule has 2 N–H and O–H groups in total. The second-order valence-corrected chi connectivity index (χ2v) is 5.98. The van der Waals surface area contributed by atoms with E-state index in [-0.39, 0.29) is 35.7 Å². The number of nitrogens with zero attached hydrogens (tertiary/aromatic N) is 1. The topological polar surface area (TPSA) is 137 Å². The first-order valence-corrected chi connectivity index (χ1v) is 8.72. The molecule has 31 heavy (non-hydrogen) atoms. The number of hydrogen-bond donors (Lipinski definition) is 2. The summed E-state index contributed by atoms with van der Waals surface area (Å²) in [6.45, 7) is -0.855. The summed E-state index contributed by atoms with van der Waals surface area (Å²) in [4.78, 5) is 45.6. The number of esters is 1. The quantitative estimate of drug-likeness (QED) is 0.348. The molecule has 0 unspecified atom stereocenters. The standard InChI is InChI=1S/C19H17F2N3O7/c1-30-16-9-12(24(28)29)3-5-15(16)23-17(25)10-31-18(26)6-7-22-19(27)13-4-2-11(20)8-14(13)21/h2-5,8-9H,6-7,10H2,1H3,(H,22,27)(H,23,25). The van der Waals surface area contributed by atoms with Crippen molar-refractivity contribution in [2.45, 2.75) is 6.42 Å². The number of rotatable bonds is 9. The summed E-state index contributed by atoms with van der Waals surface area (Å²) < 4.78 is 36.1. The van der Waals surface area contributed by atoms with Crippen LogP contribution in [0.4, 0.5) is 20.2 Å². The van der Waals surface area contributed by atoms with Crippen LogP contribution in [0, 0.1) is 21.7 Å². The molecular weight excluding hydrogens is 420 g/mol. The van der Waals surface area contributed by atoms with Gasteiger partial charge in [-0.2, -0.15) is 0 Å². The highest BCUT2D eigenvalue weighted by Crippen LogP contribution is 2.28. The average molecular weight is 437 g/mol. The van der Waals surface area contributed by atoms with Crippen molar-refractivity contribution >= 4 is 29.2 Å². The summed E-state index contributed by atoms with van der Waals surface area (Å²) in [5.41, 5.74) is -0.474. The number of carbonyl (C=O) groups is 3. The third kappa shape index (κ3) is 6.73. The monoisotopic (exact) mass is 437 g/mol. The summed E-state index contributed by atoms with van der Waals surface area (Å²) in [5.74, 6) is -4.21. The Bertz CT molecular complexity index is 1010. The molecule has 2 rings (SSSR count). The lowest BCUT2D eigenvalue weighted by atomic mass is 10.2. The Morgan fingerprint density at radius 3 is 2.52 bits per heavy atom. The fraction of sp³-hybridized carbons (Fsp3) is 0.211. The molecule has 12 heteroatoms. The lowest BCUT2D eigenvalue weighted by Crippen LogP contribution is -2.28. The molecule has 0 radical (unpaired) electrons. The number of ether oxygens (including phenoxy) is 2. The Hall–Kier alpha value is -4.09. The zero-order chi connectivity index (χ0) is 23.0. The van der Waals surface area contributed by atoms with Gasteiger partial charge in [0.05, 0.1) is 35.8 Å². The van der Waals surface area contributed by atoms with Crippen LogP contribution in [0.25, 0.3) is 0 Å². The smallest absolute Gasteiger partial charge is 0.308 e. The fourth-order valence-corrected chi connectivity index (χ4v) is 2.35. The van der Waals surface area contributed by atoms with Gasteiger partial charge in [0.2, 0.25) is 0 Å². The van der Waals surface area contributed by atoms with Gasteiger partial charge in [0.15, 0.2) is 6.61 Å².